The molecular weight excluding hydrogens is 234 g/mol. The van der Waals surface area contributed by atoms with E-state index < -0.39 is 0 Å². The molecule has 2 atom stereocenters. The normalized spacial score (nSPS) is 23.9. The molecule has 2 rings (SSSR count). The van der Waals surface area contributed by atoms with Crippen LogP contribution < -0.4 is 10.1 Å². The van der Waals surface area contributed by atoms with Crippen molar-refractivity contribution in [2.45, 2.75) is 45.3 Å². The highest BCUT2D eigenvalue weighted by Gasteiger charge is 2.25. The van der Waals surface area contributed by atoms with Gasteiger partial charge >= 0.3 is 0 Å². The lowest BCUT2D eigenvalue weighted by atomic mass is 10.2. The van der Waals surface area contributed by atoms with Gasteiger partial charge in [0.15, 0.2) is 0 Å². The van der Waals surface area contributed by atoms with E-state index in [2.05, 4.69) is 12.2 Å². The number of ether oxygens (including phenoxy) is 1. The first-order valence-corrected chi connectivity index (χ1v) is 6.73. The van der Waals surface area contributed by atoms with Gasteiger partial charge in [-0.1, -0.05) is 24.6 Å². The number of rotatable bonds is 4. The average Bonchev–Trinajstić information content (AvgIpc) is 2.71. The van der Waals surface area contributed by atoms with Crippen molar-refractivity contribution in [2.75, 3.05) is 6.54 Å². The molecule has 0 heterocycles. The molecular formula is C14H20ClNO. The summed E-state index contributed by atoms with van der Waals surface area (Å²) >= 11 is 6.16. The van der Waals surface area contributed by atoms with E-state index in [0.717, 1.165) is 30.2 Å². The summed E-state index contributed by atoms with van der Waals surface area (Å²) in [5.41, 5.74) is 1.17. The Hall–Kier alpha value is -0.730. The maximum absolute atomic E-state index is 6.16. The van der Waals surface area contributed by atoms with Crippen molar-refractivity contribution in [3.05, 3.63) is 28.8 Å². The van der Waals surface area contributed by atoms with Crippen LogP contribution in [0.2, 0.25) is 5.02 Å². The van der Waals surface area contributed by atoms with Crippen LogP contribution in [0, 0.1) is 6.92 Å². The monoisotopic (exact) mass is 253 g/mol. The number of hydrogen-bond acceptors (Lipinski definition) is 2. The van der Waals surface area contributed by atoms with E-state index in [0.29, 0.717) is 12.1 Å². The molecule has 0 aliphatic heterocycles. The fourth-order valence-corrected chi connectivity index (χ4v) is 2.68. The van der Waals surface area contributed by atoms with E-state index in [4.69, 9.17) is 16.3 Å². The van der Waals surface area contributed by atoms with Crippen LogP contribution in [0.15, 0.2) is 18.2 Å². The van der Waals surface area contributed by atoms with E-state index in [9.17, 15) is 0 Å². The smallest absolute Gasteiger partial charge is 0.138 e. The van der Waals surface area contributed by atoms with Gasteiger partial charge in [0.25, 0.3) is 0 Å². The molecule has 1 aliphatic rings. The quantitative estimate of drug-likeness (QED) is 0.886. The van der Waals surface area contributed by atoms with Gasteiger partial charge in [-0.3, -0.25) is 0 Å². The molecule has 1 N–H and O–H groups in total. The summed E-state index contributed by atoms with van der Waals surface area (Å²) in [6.45, 7) is 5.21. The third-order valence-electron chi connectivity index (χ3n) is 3.26. The lowest BCUT2D eigenvalue weighted by Crippen LogP contribution is -2.27. The lowest BCUT2D eigenvalue weighted by Gasteiger charge is -2.15. The molecule has 3 heteroatoms. The van der Waals surface area contributed by atoms with Crippen LogP contribution in [0.25, 0.3) is 0 Å². The molecule has 1 aromatic rings. The zero-order chi connectivity index (χ0) is 12.3. The van der Waals surface area contributed by atoms with Crippen LogP contribution in [0.1, 0.15) is 31.7 Å². The van der Waals surface area contributed by atoms with Gasteiger partial charge in [0, 0.05) is 6.04 Å². The summed E-state index contributed by atoms with van der Waals surface area (Å²) in [5, 5.41) is 4.19. The molecule has 94 valence electrons. The van der Waals surface area contributed by atoms with Crippen molar-refractivity contribution >= 4 is 11.6 Å². The predicted molar refractivity (Wildman–Crippen MR) is 71.9 cm³/mol. The number of aryl methyl sites for hydroxylation is 1. The summed E-state index contributed by atoms with van der Waals surface area (Å²) in [6.07, 6.45) is 3.70. The SMILES string of the molecule is CCNC1CCC(Oc2ccc(C)cc2Cl)C1. The first-order valence-electron chi connectivity index (χ1n) is 6.35. The Labute approximate surface area is 108 Å². The van der Waals surface area contributed by atoms with Crippen molar-refractivity contribution in [3.63, 3.8) is 0 Å². The zero-order valence-corrected chi connectivity index (χ0v) is 11.3. The van der Waals surface area contributed by atoms with E-state index >= 15 is 0 Å². The minimum absolute atomic E-state index is 0.305. The molecule has 2 nitrogen and oxygen atoms in total. The first kappa shape index (κ1) is 12.7. The standard InChI is InChI=1S/C14H20ClNO/c1-3-16-11-5-6-12(9-11)17-14-7-4-10(2)8-13(14)15/h4,7-8,11-12,16H,3,5-6,9H2,1-2H3. The second-order valence-electron chi connectivity index (χ2n) is 4.74. The van der Waals surface area contributed by atoms with Crippen molar-refractivity contribution in [3.8, 4) is 5.75 Å². The molecule has 0 saturated heterocycles. The second-order valence-corrected chi connectivity index (χ2v) is 5.15. The Balaban J connectivity index is 1.93. The zero-order valence-electron chi connectivity index (χ0n) is 10.5. The van der Waals surface area contributed by atoms with Gasteiger partial charge in [0.1, 0.15) is 11.9 Å². The van der Waals surface area contributed by atoms with Gasteiger partial charge in [0.05, 0.1) is 5.02 Å². The molecule has 0 spiro atoms. The Morgan fingerprint density at radius 2 is 2.24 bits per heavy atom. The fraction of sp³-hybridized carbons (Fsp3) is 0.571. The highest BCUT2D eigenvalue weighted by Crippen LogP contribution is 2.30. The van der Waals surface area contributed by atoms with Gasteiger partial charge in [-0.2, -0.15) is 0 Å². The van der Waals surface area contributed by atoms with E-state index in [1.807, 2.05) is 25.1 Å². The van der Waals surface area contributed by atoms with Crippen LogP contribution in [0.4, 0.5) is 0 Å². The minimum Gasteiger partial charge on any atom is -0.489 e. The molecule has 1 fully saturated rings. The molecule has 0 aromatic heterocycles. The highest BCUT2D eigenvalue weighted by atomic mass is 35.5. The van der Waals surface area contributed by atoms with Crippen LogP contribution in [0.5, 0.6) is 5.75 Å². The van der Waals surface area contributed by atoms with Gasteiger partial charge in [-0.15, -0.1) is 0 Å². The van der Waals surface area contributed by atoms with Crippen LogP contribution in [-0.4, -0.2) is 18.7 Å². The third-order valence-corrected chi connectivity index (χ3v) is 3.55. The molecule has 17 heavy (non-hydrogen) atoms. The third kappa shape index (κ3) is 3.36. The summed E-state index contributed by atoms with van der Waals surface area (Å²) in [7, 11) is 0. The summed E-state index contributed by atoms with van der Waals surface area (Å²) in [6, 6.07) is 6.57. The molecule has 1 saturated carbocycles. The number of halogens is 1. The number of hydrogen-bond donors (Lipinski definition) is 1. The first-order chi connectivity index (χ1) is 8.19. The van der Waals surface area contributed by atoms with E-state index in [-0.39, 0.29) is 0 Å². The number of nitrogens with one attached hydrogen (secondary N) is 1. The Morgan fingerprint density at radius 3 is 2.94 bits per heavy atom. The van der Waals surface area contributed by atoms with Gasteiger partial charge in [0.2, 0.25) is 0 Å². The molecule has 1 aromatic carbocycles. The lowest BCUT2D eigenvalue weighted by molar-refractivity contribution is 0.206. The van der Waals surface area contributed by atoms with Crippen LogP contribution in [-0.2, 0) is 0 Å². The van der Waals surface area contributed by atoms with E-state index in [1.54, 1.807) is 0 Å². The molecule has 0 amide bonds. The van der Waals surface area contributed by atoms with Crippen molar-refractivity contribution in [2.24, 2.45) is 0 Å². The van der Waals surface area contributed by atoms with Crippen LogP contribution in [0.3, 0.4) is 0 Å². The maximum atomic E-state index is 6.16. The second kappa shape index (κ2) is 5.74. The van der Waals surface area contributed by atoms with E-state index in [1.165, 1.54) is 12.0 Å². The van der Waals surface area contributed by atoms with Gasteiger partial charge in [-0.25, -0.2) is 0 Å². The highest BCUT2D eigenvalue weighted by molar-refractivity contribution is 6.32. The molecule has 1 aliphatic carbocycles. The summed E-state index contributed by atoms with van der Waals surface area (Å²) < 4.78 is 5.97. The largest absolute Gasteiger partial charge is 0.489 e. The predicted octanol–water partition coefficient (Wildman–Crippen LogP) is 3.56. The molecule has 0 radical (unpaired) electrons. The fourth-order valence-electron chi connectivity index (χ4n) is 2.40. The van der Waals surface area contributed by atoms with Gasteiger partial charge < -0.3 is 10.1 Å². The van der Waals surface area contributed by atoms with Crippen molar-refractivity contribution < 1.29 is 4.74 Å². The Kier molecular flexibility index (Phi) is 4.30. The number of benzene rings is 1. The van der Waals surface area contributed by atoms with Crippen molar-refractivity contribution in [1.29, 1.82) is 0 Å². The van der Waals surface area contributed by atoms with Crippen molar-refractivity contribution in [1.82, 2.24) is 5.32 Å². The topological polar surface area (TPSA) is 21.3 Å². The minimum atomic E-state index is 0.305. The summed E-state index contributed by atoms with van der Waals surface area (Å²) in [5.74, 6) is 0.819. The molecule has 0 bridgehead atoms. The maximum Gasteiger partial charge on any atom is 0.138 e. The molecule has 2 unspecified atom stereocenters. The van der Waals surface area contributed by atoms with Gasteiger partial charge in [-0.05, 0) is 50.4 Å². The Bertz CT molecular complexity index is 380. The van der Waals surface area contributed by atoms with Crippen LogP contribution >= 0.6 is 11.6 Å². The Morgan fingerprint density at radius 1 is 1.41 bits per heavy atom. The summed E-state index contributed by atoms with van der Waals surface area (Å²) in [4.78, 5) is 0. The average molecular weight is 254 g/mol.